The van der Waals surface area contributed by atoms with Crippen LogP contribution >= 0.6 is 0 Å². The van der Waals surface area contributed by atoms with E-state index in [2.05, 4.69) is 16.5 Å². The molecule has 1 aromatic carbocycles. The molecular formula is C15H18FN3. The normalized spacial score (nSPS) is 14.9. The number of nitrogen functional groups attached to an aromatic ring is 1. The molecule has 0 amide bonds. The molecule has 1 saturated carbocycles. The highest BCUT2D eigenvalue weighted by atomic mass is 19.1. The lowest BCUT2D eigenvalue weighted by Gasteiger charge is -2.06. The van der Waals surface area contributed by atoms with E-state index in [9.17, 15) is 4.39 Å². The Morgan fingerprint density at radius 1 is 1.42 bits per heavy atom. The number of hydrogen-bond acceptors (Lipinski definition) is 2. The van der Waals surface area contributed by atoms with E-state index in [1.807, 2.05) is 6.07 Å². The maximum Gasteiger partial charge on any atom is 0.131 e. The van der Waals surface area contributed by atoms with Crippen LogP contribution in [-0.2, 0) is 6.42 Å². The van der Waals surface area contributed by atoms with E-state index in [0.717, 1.165) is 30.7 Å². The predicted octanol–water partition coefficient (Wildman–Crippen LogP) is 3.48. The smallest absolute Gasteiger partial charge is 0.131 e. The minimum Gasteiger partial charge on any atom is -0.383 e. The Balaban J connectivity index is 2.11. The fourth-order valence-electron chi connectivity index (χ4n) is 2.44. The molecule has 0 atom stereocenters. The molecule has 3 nitrogen and oxygen atoms in total. The number of nitrogens with two attached hydrogens (primary N) is 1. The Bertz CT molecular complexity index is 627. The Kier molecular flexibility index (Phi) is 2.81. The average molecular weight is 259 g/mol. The molecule has 1 fully saturated rings. The summed E-state index contributed by atoms with van der Waals surface area (Å²) in [6.07, 6.45) is 3.17. The molecular weight excluding hydrogens is 241 g/mol. The lowest BCUT2D eigenvalue weighted by Crippen LogP contribution is -2.04. The third kappa shape index (κ3) is 2.01. The summed E-state index contributed by atoms with van der Waals surface area (Å²) in [6, 6.07) is 5.66. The Hall–Kier alpha value is -1.84. The number of imidazole rings is 1. The molecule has 19 heavy (non-hydrogen) atoms. The highest BCUT2D eigenvalue weighted by Gasteiger charge is 2.29. The first-order chi connectivity index (χ1) is 9.11. The van der Waals surface area contributed by atoms with Gasteiger partial charge in [-0.2, -0.15) is 0 Å². The first-order valence-electron chi connectivity index (χ1n) is 6.75. The van der Waals surface area contributed by atoms with Crippen LogP contribution in [0.15, 0.2) is 18.2 Å². The second kappa shape index (κ2) is 4.37. The van der Waals surface area contributed by atoms with Gasteiger partial charge >= 0.3 is 0 Å². The number of aromatic nitrogens is 2. The highest BCUT2D eigenvalue weighted by Crippen LogP contribution is 2.41. The maximum atomic E-state index is 13.7. The number of anilines is 1. The van der Waals surface area contributed by atoms with Crippen LogP contribution in [0.3, 0.4) is 0 Å². The van der Waals surface area contributed by atoms with E-state index in [-0.39, 0.29) is 5.82 Å². The van der Waals surface area contributed by atoms with Crippen molar-refractivity contribution >= 4 is 5.82 Å². The van der Waals surface area contributed by atoms with Crippen molar-refractivity contribution in [2.24, 2.45) is 0 Å². The van der Waals surface area contributed by atoms with Gasteiger partial charge in [-0.05, 0) is 31.4 Å². The van der Waals surface area contributed by atoms with Crippen LogP contribution in [0, 0.1) is 12.7 Å². The van der Waals surface area contributed by atoms with Gasteiger partial charge in [0.15, 0.2) is 0 Å². The van der Waals surface area contributed by atoms with Crippen LogP contribution in [0.4, 0.5) is 10.2 Å². The minimum atomic E-state index is -0.212. The standard InChI is InChI=1S/C15H18FN3/c1-3-13-18-14(15(17)19(13)11-6-7-11)10-5-4-9(2)12(16)8-10/h4-5,8,11H,3,6-7,17H2,1-2H3. The van der Waals surface area contributed by atoms with Crippen LogP contribution < -0.4 is 5.73 Å². The van der Waals surface area contributed by atoms with Gasteiger partial charge in [-0.3, -0.25) is 0 Å². The zero-order valence-corrected chi connectivity index (χ0v) is 11.3. The Morgan fingerprint density at radius 2 is 2.16 bits per heavy atom. The van der Waals surface area contributed by atoms with Gasteiger partial charge in [0.2, 0.25) is 0 Å². The van der Waals surface area contributed by atoms with Crippen molar-refractivity contribution in [1.29, 1.82) is 0 Å². The van der Waals surface area contributed by atoms with E-state index in [1.165, 1.54) is 6.07 Å². The number of aryl methyl sites for hydroxylation is 2. The highest BCUT2D eigenvalue weighted by molar-refractivity contribution is 5.71. The fourth-order valence-corrected chi connectivity index (χ4v) is 2.44. The molecule has 2 N–H and O–H groups in total. The van der Waals surface area contributed by atoms with E-state index < -0.39 is 0 Å². The molecule has 0 saturated heterocycles. The molecule has 1 aromatic heterocycles. The number of hydrogen-bond donors (Lipinski definition) is 1. The van der Waals surface area contributed by atoms with Crippen molar-refractivity contribution in [3.63, 3.8) is 0 Å². The summed E-state index contributed by atoms with van der Waals surface area (Å²) >= 11 is 0. The number of benzene rings is 1. The molecule has 1 aliphatic rings. The third-order valence-electron chi connectivity index (χ3n) is 3.69. The molecule has 2 aromatic rings. The zero-order valence-electron chi connectivity index (χ0n) is 11.3. The molecule has 0 aliphatic heterocycles. The van der Waals surface area contributed by atoms with E-state index >= 15 is 0 Å². The average Bonchev–Trinajstić information content (AvgIpc) is 3.17. The number of nitrogens with zero attached hydrogens (tertiary/aromatic N) is 2. The summed E-state index contributed by atoms with van der Waals surface area (Å²) in [5.74, 6) is 1.45. The molecule has 0 unspecified atom stereocenters. The molecule has 3 rings (SSSR count). The van der Waals surface area contributed by atoms with Crippen LogP contribution in [0.2, 0.25) is 0 Å². The fraction of sp³-hybridized carbons (Fsp3) is 0.400. The molecule has 4 heteroatoms. The van der Waals surface area contributed by atoms with Gasteiger partial charge in [0.1, 0.15) is 23.2 Å². The second-order valence-electron chi connectivity index (χ2n) is 5.18. The molecule has 0 spiro atoms. The van der Waals surface area contributed by atoms with E-state index in [0.29, 0.717) is 23.1 Å². The van der Waals surface area contributed by atoms with Crippen molar-refractivity contribution in [2.75, 3.05) is 5.73 Å². The topological polar surface area (TPSA) is 43.8 Å². The lowest BCUT2D eigenvalue weighted by molar-refractivity contribution is 0.619. The molecule has 100 valence electrons. The van der Waals surface area contributed by atoms with Gasteiger partial charge in [-0.15, -0.1) is 0 Å². The predicted molar refractivity (Wildman–Crippen MR) is 74.4 cm³/mol. The first kappa shape index (κ1) is 12.2. The van der Waals surface area contributed by atoms with Gasteiger partial charge < -0.3 is 10.3 Å². The summed E-state index contributed by atoms with van der Waals surface area (Å²) in [4.78, 5) is 4.60. The van der Waals surface area contributed by atoms with Gasteiger partial charge in [0.25, 0.3) is 0 Å². The van der Waals surface area contributed by atoms with Crippen molar-refractivity contribution in [2.45, 2.75) is 39.2 Å². The van der Waals surface area contributed by atoms with Crippen LogP contribution in [-0.4, -0.2) is 9.55 Å². The quantitative estimate of drug-likeness (QED) is 0.917. The summed E-state index contributed by atoms with van der Waals surface area (Å²) in [6.45, 7) is 3.82. The second-order valence-corrected chi connectivity index (χ2v) is 5.18. The van der Waals surface area contributed by atoms with Gasteiger partial charge in [0, 0.05) is 18.0 Å². The molecule has 0 radical (unpaired) electrons. The summed E-state index contributed by atoms with van der Waals surface area (Å²) < 4.78 is 15.8. The van der Waals surface area contributed by atoms with Crippen molar-refractivity contribution in [1.82, 2.24) is 9.55 Å². The lowest BCUT2D eigenvalue weighted by atomic mass is 10.1. The van der Waals surface area contributed by atoms with Crippen LogP contribution in [0.5, 0.6) is 0 Å². The molecule has 1 aliphatic carbocycles. The summed E-state index contributed by atoms with van der Waals surface area (Å²) in [7, 11) is 0. The van der Waals surface area contributed by atoms with Crippen LogP contribution in [0.25, 0.3) is 11.3 Å². The Labute approximate surface area is 112 Å². The van der Waals surface area contributed by atoms with Crippen LogP contribution in [0.1, 0.15) is 37.2 Å². The molecule has 1 heterocycles. The minimum absolute atomic E-state index is 0.212. The first-order valence-corrected chi connectivity index (χ1v) is 6.75. The third-order valence-corrected chi connectivity index (χ3v) is 3.69. The summed E-state index contributed by atoms with van der Waals surface area (Å²) in [5, 5.41) is 0. The maximum absolute atomic E-state index is 13.7. The van der Waals surface area contributed by atoms with Crippen molar-refractivity contribution in [3.8, 4) is 11.3 Å². The van der Waals surface area contributed by atoms with Crippen molar-refractivity contribution < 1.29 is 4.39 Å². The SMILES string of the molecule is CCc1nc(-c2ccc(C)c(F)c2)c(N)n1C1CC1. The number of rotatable bonds is 3. The molecule has 0 bridgehead atoms. The van der Waals surface area contributed by atoms with Crippen molar-refractivity contribution in [3.05, 3.63) is 35.4 Å². The van der Waals surface area contributed by atoms with Gasteiger partial charge in [0.05, 0.1) is 0 Å². The largest absolute Gasteiger partial charge is 0.383 e. The van der Waals surface area contributed by atoms with E-state index in [4.69, 9.17) is 5.73 Å². The van der Waals surface area contributed by atoms with Gasteiger partial charge in [-0.25, -0.2) is 9.37 Å². The Morgan fingerprint density at radius 3 is 2.74 bits per heavy atom. The van der Waals surface area contributed by atoms with E-state index in [1.54, 1.807) is 13.0 Å². The van der Waals surface area contributed by atoms with Gasteiger partial charge in [-0.1, -0.05) is 19.1 Å². The zero-order chi connectivity index (χ0) is 13.6. The summed E-state index contributed by atoms with van der Waals surface area (Å²) in [5.41, 5.74) is 8.33. The monoisotopic (exact) mass is 259 g/mol. The number of halogens is 1.